The van der Waals surface area contributed by atoms with Gasteiger partial charge in [0, 0.05) is 31.9 Å². The highest BCUT2D eigenvalue weighted by Crippen LogP contribution is 2.14. The molecule has 5 nitrogen and oxygen atoms in total. The zero-order valence-corrected chi connectivity index (χ0v) is 11.1. The van der Waals surface area contributed by atoms with E-state index in [9.17, 15) is 4.79 Å². The zero-order valence-electron chi connectivity index (χ0n) is 11.1. The summed E-state index contributed by atoms with van der Waals surface area (Å²) >= 11 is 0. The Labute approximate surface area is 113 Å². The Morgan fingerprint density at radius 2 is 2.16 bits per heavy atom. The molecule has 104 valence electrons. The third kappa shape index (κ3) is 4.31. The fourth-order valence-electron chi connectivity index (χ4n) is 2.17. The van der Waals surface area contributed by atoms with Gasteiger partial charge >= 0.3 is 0 Å². The van der Waals surface area contributed by atoms with Gasteiger partial charge in [-0.3, -0.25) is 9.69 Å². The highest BCUT2D eigenvalue weighted by atomic mass is 16.5. The van der Waals surface area contributed by atoms with Gasteiger partial charge in [0.15, 0.2) is 0 Å². The lowest BCUT2D eigenvalue weighted by Crippen LogP contribution is -2.35. The third-order valence-electron chi connectivity index (χ3n) is 3.19. The number of nitrogens with two attached hydrogens (primary N) is 1. The smallest absolute Gasteiger partial charge is 0.238 e. The highest BCUT2D eigenvalue weighted by molar-refractivity contribution is 5.92. The predicted molar refractivity (Wildman–Crippen MR) is 74.8 cm³/mol. The van der Waals surface area contributed by atoms with Gasteiger partial charge in [-0.15, -0.1) is 0 Å². The minimum absolute atomic E-state index is 0.00259. The SMILES string of the molecule is NCc1ccccc1NC(=O)CN1CCCOCC1. The van der Waals surface area contributed by atoms with Crippen molar-refractivity contribution >= 4 is 11.6 Å². The molecule has 1 aliphatic heterocycles. The normalized spacial score (nSPS) is 16.9. The van der Waals surface area contributed by atoms with Crippen molar-refractivity contribution in [1.29, 1.82) is 0 Å². The lowest BCUT2D eigenvalue weighted by Gasteiger charge is -2.18. The maximum absolute atomic E-state index is 12.0. The number of carbonyl (C=O) groups is 1. The van der Waals surface area contributed by atoms with Crippen molar-refractivity contribution in [2.24, 2.45) is 5.73 Å². The molecule has 1 aromatic rings. The van der Waals surface area contributed by atoms with Crippen LogP contribution in [0.3, 0.4) is 0 Å². The van der Waals surface area contributed by atoms with Gasteiger partial charge in [0.1, 0.15) is 0 Å². The molecule has 1 saturated heterocycles. The Balaban J connectivity index is 1.89. The topological polar surface area (TPSA) is 67.6 Å². The Kier molecular flexibility index (Phi) is 5.32. The van der Waals surface area contributed by atoms with E-state index in [2.05, 4.69) is 10.2 Å². The predicted octanol–water partition coefficient (Wildman–Crippen LogP) is 0.806. The fraction of sp³-hybridized carbons (Fsp3) is 0.500. The van der Waals surface area contributed by atoms with Crippen LogP contribution in [0.2, 0.25) is 0 Å². The molecule has 0 spiro atoms. The van der Waals surface area contributed by atoms with Crippen LogP contribution in [0.4, 0.5) is 5.69 Å². The van der Waals surface area contributed by atoms with Crippen molar-refractivity contribution in [3.8, 4) is 0 Å². The number of hydrogen-bond acceptors (Lipinski definition) is 4. The van der Waals surface area contributed by atoms with Crippen LogP contribution in [0, 0.1) is 0 Å². The van der Waals surface area contributed by atoms with Crippen LogP contribution in [0.25, 0.3) is 0 Å². The number of hydrogen-bond donors (Lipinski definition) is 2. The van der Waals surface area contributed by atoms with Crippen molar-refractivity contribution in [1.82, 2.24) is 4.90 Å². The molecule has 3 N–H and O–H groups in total. The molecule has 0 radical (unpaired) electrons. The van der Waals surface area contributed by atoms with Crippen molar-refractivity contribution in [3.63, 3.8) is 0 Å². The summed E-state index contributed by atoms with van der Waals surface area (Å²) in [7, 11) is 0. The van der Waals surface area contributed by atoms with Crippen molar-refractivity contribution in [2.45, 2.75) is 13.0 Å². The number of ether oxygens (including phenoxy) is 1. The van der Waals surface area contributed by atoms with E-state index >= 15 is 0 Å². The van der Waals surface area contributed by atoms with E-state index in [1.807, 2.05) is 24.3 Å². The quantitative estimate of drug-likeness (QED) is 0.843. The van der Waals surface area contributed by atoms with E-state index in [0.29, 0.717) is 19.7 Å². The Hall–Kier alpha value is -1.43. The average molecular weight is 263 g/mol. The maximum atomic E-state index is 12.0. The molecule has 0 aromatic heterocycles. The number of anilines is 1. The lowest BCUT2D eigenvalue weighted by molar-refractivity contribution is -0.117. The number of para-hydroxylation sites is 1. The first-order chi connectivity index (χ1) is 9.29. The van der Waals surface area contributed by atoms with E-state index in [4.69, 9.17) is 10.5 Å². The standard InChI is InChI=1S/C14H21N3O2/c15-10-12-4-1-2-5-13(12)16-14(18)11-17-6-3-8-19-9-7-17/h1-2,4-5H,3,6-11,15H2,(H,16,18). The first-order valence-electron chi connectivity index (χ1n) is 6.67. The average Bonchev–Trinajstić information content (AvgIpc) is 2.68. The number of nitrogens with one attached hydrogen (secondary N) is 1. The summed E-state index contributed by atoms with van der Waals surface area (Å²) in [5.41, 5.74) is 7.41. The molecule has 1 amide bonds. The molecule has 1 aromatic carbocycles. The zero-order chi connectivity index (χ0) is 13.5. The second-order valence-corrected chi connectivity index (χ2v) is 4.65. The van der Waals surface area contributed by atoms with Crippen molar-refractivity contribution < 1.29 is 9.53 Å². The fourth-order valence-corrected chi connectivity index (χ4v) is 2.17. The van der Waals surface area contributed by atoms with E-state index < -0.39 is 0 Å². The van der Waals surface area contributed by atoms with Crippen LogP contribution in [0.5, 0.6) is 0 Å². The molecule has 5 heteroatoms. The number of nitrogens with zero attached hydrogens (tertiary/aromatic N) is 1. The Bertz CT molecular complexity index is 415. The maximum Gasteiger partial charge on any atom is 0.238 e. The Morgan fingerprint density at radius 3 is 3.00 bits per heavy atom. The molecule has 0 saturated carbocycles. The van der Waals surface area contributed by atoms with E-state index in [1.54, 1.807) is 0 Å². The second-order valence-electron chi connectivity index (χ2n) is 4.65. The lowest BCUT2D eigenvalue weighted by atomic mass is 10.2. The van der Waals surface area contributed by atoms with Crippen LogP contribution >= 0.6 is 0 Å². The van der Waals surface area contributed by atoms with Crippen LogP contribution in [-0.4, -0.2) is 43.7 Å². The molecule has 0 aliphatic carbocycles. The summed E-state index contributed by atoms with van der Waals surface area (Å²) in [5, 5.41) is 2.93. The van der Waals surface area contributed by atoms with Gasteiger partial charge in [-0.25, -0.2) is 0 Å². The van der Waals surface area contributed by atoms with Gasteiger partial charge < -0.3 is 15.8 Å². The molecule has 1 heterocycles. The summed E-state index contributed by atoms with van der Waals surface area (Å²) in [4.78, 5) is 14.1. The van der Waals surface area contributed by atoms with Crippen molar-refractivity contribution in [2.75, 3.05) is 38.2 Å². The van der Waals surface area contributed by atoms with E-state index in [0.717, 1.165) is 37.4 Å². The first kappa shape index (κ1) is 14.0. The van der Waals surface area contributed by atoms with E-state index in [1.165, 1.54) is 0 Å². The largest absolute Gasteiger partial charge is 0.380 e. The van der Waals surface area contributed by atoms with Crippen LogP contribution in [0.1, 0.15) is 12.0 Å². The molecular weight excluding hydrogens is 242 g/mol. The summed E-state index contributed by atoms with van der Waals surface area (Å²) in [6.45, 7) is 4.04. The molecule has 19 heavy (non-hydrogen) atoms. The minimum atomic E-state index is 0.00259. The molecule has 0 unspecified atom stereocenters. The highest BCUT2D eigenvalue weighted by Gasteiger charge is 2.13. The van der Waals surface area contributed by atoms with Gasteiger partial charge in [0.25, 0.3) is 0 Å². The van der Waals surface area contributed by atoms with Gasteiger partial charge in [-0.1, -0.05) is 18.2 Å². The molecule has 1 aliphatic rings. The Morgan fingerprint density at radius 1 is 1.32 bits per heavy atom. The monoisotopic (exact) mass is 263 g/mol. The van der Waals surface area contributed by atoms with E-state index in [-0.39, 0.29) is 5.91 Å². The number of amides is 1. The molecule has 2 rings (SSSR count). The van der Waals surface area contributed by atoms with Gasteiger partial charge in [-0.2, -0.15) is 0 Å². The van der Waals surface area contributed by atoms with Gasteiger partial charge in [-0.05, 0) is 18.1 Å². The summed E-state index contributed by atoms with van der Waals surface area (Å²) in [6, 6.07) is 7.62. The molecule has 0 atom stereocenters. The van der Waals surface area contributed by atoms with Crippen LogP contribution in [-0.2, 0) is 16.1 Å². The summed E-state index contributed by atoms with van der Waals surface area (Å²) in [5.74, 6) is 0.00259. The number of rotatable bonds is 4. The van der Waals surface area contributed by atoms with Crippen molar-refractivity contribution in [3.05, 3.63) is 29.8 Å². The molecule has 0 bridgehead atoms. The minimum Gasteiger partial charge on any atom is -0.380 e. The third-order valence-corrected chi connectivity index (χ3v) is 3.19. The number of carbonyl (C=O) groups excluding carboxylic acids is 1. The summed E-state index contributed by atoms with van der Waals surface area (Å²) < 4.78 is 5.37. The van der Waals surface area contributed by atoms with Gasteiger partial charge in [0.2, 0.25) is 5.91 Å². The van der Waals surface area contributed by atoms with Crippen LogP contribution in [0.15, 0.2) is 24.3 Å². The van der Waals surface area contributed by atoms with Gasteiger partial charge in [0.05, 0.1) is 13.2 Å². The number of benzene rings is 1. The van der Waals surface area contributed by atoms with Crippen LogP contribution < -0.4 is 11.1 Å². The second kappa shape index (κ2) is 7.23. The molecular formula is C14H21N3O2. The molecule has 1 fully saturated rings. The first-order valence-corrected chi connectivity index (χ1v) is 6.67. The summed E-state index contributed by atoms with van der Waals surface area (Å²) in [6.07, 6.45) is 0.979.